The van der Waals surface area contributed by atoms with E-state index in [1.807, 2.05) is 45.0 Å². The normalized spacial score (nSPS) is 19.0. The Kier molecular flexibility index (Phi) is 5.29. The number of nitrogens with one attached hydrogen (secondary N) is 1. The monoisotopic (exact) mass is 305 g/mol. The van der Waals surface area contributed by atoms with Crippen molar-refractivity contribution in [3.8, 4) is 0 Å². The topological polar surface area (TPSA) is 67.6 Å². The zero-order chi connectivity index (χ0) is 16.2. The maximum atomic E-state index is 12.1. The van der Waals surface area contributed by atoms with E-state index in [9.17, 15) is 4.79 Å². The fraction of sp³-hybridized carbons (Fsp3) is 0.588. The molecular weight excluding hydrogens is 278 g/mol. The molecule has 1 aromatic carbocycles. The standard InChI is InChI=1S/C17H27N3O2/c1-17(2,3)22-16(21)20-10-4-5-15(12-20)19-11-13-6-8-14(18)9-7-13/h6-9,15,19H,4-5,10-12,18H2,1-3H3/t15-/m1/s1. The SMILES string of the molecule is CC(C)(C)OC(=O)N1CCC[C@@H](NCc2ccc(N)cc2)C1. The fourth-order valence-corrected chi connectivity index (χ4v) is 2.53. The minimum atomic E-state index is -0.443. The molecule has 1 atom stereocenters. The van der Waals surface area contributed by atoms with Crippen LogP contribution in [-0.2, 0) is 11.3 Å². The maximum Gasteiger partial charge on any atom is 0.410 e. The predicted molar refractivity (Wildman–Crippen MR) is 88.5 cm³/mol. The van der Waals surface area contributed by atoms with Gasteiger partial charge in [-0.3, -0.25) is 0 Å². The first-order valence-corrected chi connectivity index (χ1v) is 7.89. The summed E-state index contributed by atoms with van der Waals surface area (Å²) >= 11 is 0. The molecule has 0 bridgehead atoms. The van der Waals surface area contributed by atoms with Gasteiger partial charge in [0.25, 0.3) is 0 Å². The largest absolute Gasteiger partial charge is 0.444 e. The summed E-state index contributed by atoms with van der Waals surface area (Å²) in [4.78, 5) is 13.9. The summed E-state index contributed by atoms with van der Waals surface area (Å²) in [5.74, 6) is 0. The first-order chi connectivity index (χ1) is 10.3. The molecule has 5 nitrogen and oxygen atoms in total. The molecule has 0 radical (unpaired) electrons. The molecule has 122 valence electrons. The molecule has 0 spiro atoms. The van der Waals surface area contributed by atoms with E-state index in [4.69, 9.17) is 10.5 Å². The van der Waals surface area contributed by atoms with Gasteiger partial charge in [-0.15, -0.1) is 0 Å². The minimum absolute atomic E-state index is 0.216. The Labute approximate surface area is 132 Å². The summed E-state index contributed by atoms with van der Waals surface area (Å²) in [7, 11) is 0. The first-order valence-electron chi connectivity index (χ1n) is 7.89. The lowest BCUT2D eigenvalue weighted by Gasteiger charge is -2.34. The number of hydrogen-bond donors (Lipinski definition) is 2. The number of nitrogens with two attached hydrogens (primary N) is 1. The molecule has 1 saturated heterocycles. The van der Waals surface area contributed by atoms with E-state index in [0.29, 0.717) is 12.6 Å². The van der Waals surface area contributed by atoms with Crippen molar-refractivity contribution >= 4 is 11.8 Å². The van der Waals surface area contributed by atoms with Gasteiger partial charge >= 0.3 is 6.09 Å². The highest BCUT2D eigenvalue weighted by Crippen LogP contribution is 2.16. The number of carbonyl (C=O) groups is 1. The second kappa shape index (κ2) is 7.01. The molecule has 1 aliphatic rings. The molecule has 3 N–H and O–H groups in total. The summed E-state index contributed by atoms with van der Waals surface area (Å²) in [5.41, 5.74) is 7.22. The number of nitrogen functional groups attached to an aromatic ring is 1. The van der Waals surface area contributed by atoms with Crippen molar-refractivity contribution in [1.82, 2.24) is 10.2 Å². The van der Waals surface area contributed by atoms with Crippen LogP contribution in [0.4, 0.5) is 10.5 Å². The van der Waals surface area contributed by atoms with E-state index in [1.165, 1.54) is 5.56 Å². The zero-order valence-electron chi connectivity index (χ0n) is 13.8. The van der Waals surface area contributed by atoms with Crippen LogP contribution in [0.15, 0.2) is 24.3 Å². The average molecular weight is 305 g/mol. The third kappa shape index (κ3) is 5.22. The minimum Gasteiger partial charge on any atom is -0.444 e. The van der Waals surface area contributed by atoms with Crippen LogP contribution in [0, 0.1) is 0 Å². The molecule has 1 aromatic rings. The summed E-state index contributed by atoms with van der Waals surface area (Å²) in [6.45, 7) is 7.94. The van der Waals surface area contributed by atoms with Crippen molar-refractivity contribution in [3.05, 3.63) is 29.8 Å². The van der Waals surface area contributed by atoms with Crippen molar-refractivity contribution in [2.75, 3.05) is 18.8 Å². The van der Waals surface area contributed by atoms with E-state index in [2.05, 4.69) is 5.32 Å². The summed E-state index contributed by atoms with van der Waals surface area (Å²) in [5, 5.41) is 3.51. The van der Waals surface area contributed by atoms with Gasteiger partial charge in [-0.25, -0.2) is 4.79 Å². The van der Waals surface area contributed by atoms with E-state index < -0.39 is 5.60 Å². The van der Waals surface area contributed by atoms with Gasteiger partial charge < -0.3 is 20.7 Å². The van der Waals surface area contributed by atoms with Gasteiger partial charge in [-0.2, -0.15) is 0 Å². The number of hydrogen-bond acceptors (Lipinski definition) is 4. The third-order valence-corrected chi connectivity index (χ3v) is 3.65. The Hall–Kier alpha value is -1.75. The highest BCUT2D eigenvalue weighted by atomic mass is 16.6. The van der Waals surface area contributed by atoms with Gasteiger partial charge in [0.1, 0.15) is 5.60 Å². The number of nitrogens with zero attached hydrogens (tertiary/aromatic N) is 1. The molecule has 1 heterocycles. The number of amides is 1. The molecule has 0 saturated carbocycles. The first kappa shape index (κ1) is 16.6. The van der Waals surface area contributed by atoms with Gasteiger partial charge in [-0.05, 0) is 51.3 Å². The third-order valence-electron chi connectivity index (χ3n) is 3.65. The van der Waals surface area contributed by atoms with Crippen LogP contribution >= 0.6 is 0 Å². The highest BCUT2D eigenvalue weighted by molar-refractivity contribution is 5.68. The highest BCUT2D eigenvalue weighted by Gasteiger charge is 2.27. The van der Waals surface area contributed by atoms with Gasteiger partial charge in [0.2, 0.25) is 0 Å². The van der Waals surface area contributed by atoms with E-state index in [-0.39, 0.29) is 6.09 Å². The lowest BCUT2D eigenvalue weighted by atomic mass is 10.1. The quantitative estimate of drug-likeness (QED) is 0.843. The molecule has 5 heteroatoms. The molecule has 2 rings (SSSR count). The summed E-state index contributed by atoms with van der Waals surface area (Å²) in [6, 6.07) is 8.17. The van der Waals surface area contributed by atoms with Crippen LogP contribution in [0.1, 0.15) is 39.2 Å². The van der Waals surface area contributed by atoms with Crippen molar-refractivity contribution in [3.63, 3.8) is 0 Å². The van der Waals surface area contributed by atoms with Crippen molar-refractivity contribution in [2.45, 2.75) is 51.8 Å². The number of likely N-dealkylation sites (tertiary alicyclic amines) is 1. The average Bonchev–Trinajstić information content (AvgIpc) is 2.45. The number of ether oxygens (including phenoxy) is 1. The van der Waals surface area contributed by atoms with Crippen LogP contribution in [0.25, 0.3) is 0 Å². The van der Waals surface area contributed by atoms with Gasteiger partial charge in [-0.1, -0.05) is 12.1 Å². The Bertz CT molecular complexity index is 494. The summed E-state index contributed by atoms with van der Waals surface area (Å²) in [6.07, 6.45) is 1.86. The maximum absolute atomic E-state index is 12.1. The molecule has 0 unspecified atom stereocenters. The molecule has 0 aromatic heterocycles. The Balaban J connectivity index is 1.82. The van der Waals surface area contributed by atoms with Gasteiger partial charge in [0.05, 0.1) is 0 Å². The molecule has 0 aliphatic carbocycles. The lowest BCUT2D eigenvalue weighted by molar-refractivity contribution is 0.0187. The van der Waals surface area contributed by atoms with Crippen molar-refractivity contribution in [2.24, 2.45) is 0 Å². The number of rotatable bonds is 3. The van der Waals surface area contributed by atoms with Crippen LogP contribution in [0.2, 0.25) is 0 Å². The second-order valence-corrected chi connectivity index (χ2v) is 6.89. The number of anilines is 1. The van der Waals surface area contributed by atoms with Crippen molar-refractivity contribution in [1.29, 1.82) is 0 Å². The van der Waals surface area contributed by atoms with Gasteiger partial charge in [0.15, 0.2) is 0 Å². The predicted octanol–water partition coefficient (Wildman–Crippen LogP) is 2.76. The molecule has 22 heavy (non-hydrogen) atoms. The number of benzene rings is 1. The molecule has 1 aliphatic heterocycles. The van der Waals surface area contributed by atoms with E-state index >= 15 is 0 Å². The van der Waals surface area contributed by atoms with E-state index in [1.54, 1.807) is 4.90 Å². The van der Waals surface area contributed by atoms with Crippen LogP contribution in [0.3, 0.4) is 0 Å². The smallest absolute Gasteiger partial charge is 0.410 e. The van der Waals surface area contributed by atoms with Gasteiger partial charge in [0, 0.05) is 31.4 Å². The number of carbonyl (C=O) groups excluding carboxylic acids is 1. The number of piperidine rings is 1. The Morgan fingerprint density at radius 1 is 1.36 bits per heavy atom. The second-order valence-electron chi connectivity index (χ2n) is 6.89. The van der Waals surface area contributed by atoms with Crippen LogP contribution in [0.5, 0.6) is 0 Å². The lowest BCUT2D eigenvalue weighted by Crippen LogP contribution is -2.49. The zero-order valence-corrected chi connectivity index (χ0v) is 13.8. The van der Waals surface area contributed by atoms with Crippen LogP contribution in [-0.4, -0.2) is 35.7 Å². The fourth-order valence-electron chi connectivity index (χ4n) is 2.53. The van der Waals surface area contributed by atoms with Crippen LogP contribution < -0.4 is 11.1 Å². The van der Waals surface area contributed by atoms with E-state index in [0.717, 1.165) is 31.6 Å². The Morgan fingerprint density at radius 3 is 2.68 bits per heavy atom. The molecular formula is C17H27N3O2. The molecule has 1 fully saturated rings. The Morgan fingerprint density at radius 2 is 2.05 bits per heavy atom. The summed E-state index contributed by atoms with van der Waals surface area (Å²) < 4.78 is 5.45. The van der Waals surface area contributed by atoms with Crippen molar-refractivity contribution < 1.29 is 9.53 Å². The molecule has 1 amide bonds.